The van der Waals surface area contributed by atoms with Crippen LogP contribution in [0.3, 0.4) is 0 Å². The molecule has 7 heteroatoms. The predicted octanol–water partition coefficient (Wildman–Crippen LogP) is 2.02. The molecule has 0 saturated carbocycles. The molecule has 0 aliphatic carbocycles. The highest BCUT2D eigenvalue weighted by molar-refractivity contribution is 6.35. The minimum atomic E-state index is -0.512. The Morgan fingerprint density at radius 1 is 1.15 bits per heavy atom. The van der Waals surface area contributed by atoms with Gasteiger partial charge in [-0.2, -0.15) is 0 Å². The minimum absolute atomic E-state index is 0.0418. The number of hydrogen-bond donors (Lipinski definition) is 1. The third-order valence-corrected chi connectivity index (χ3v) is 5.22. The summed E-state index contributed by atoms with van der Waals surface area (Å²) in [6.45, 7) is 5.27. The molecule has 1 aromatic carbocycles. The van der Waals surface area contributed by atoms with Crippen LogP contribution < -0.4 is 19.5 Å². The van der Waals surface area contributed by atoms with E-state index < -0.39 is 11.8 Å². The summed E-state index contributed by atoms with van der Waals surface area (Å²) in [5.41, 5.74) is 1.03. The van der Waals surface area contributed by atoms with Crippen LogP contribution in [0.5, 0.6) is 17.2 Å². The molecule has 150 valence electrons. The van der Waals surface area contributed by atoms with Gasteiger partial charge in [-0.3, -0.25) is 9.59 Å². The number of nitrogens with one attached hydrogen (secondary N) is 1. The average molecular weight is 378 g/mol. The number of carbonyl (C=O) groups excluding carboxylic acids is 2. The lowest BCUT2D eigenvalue weighted by molar-refractivity contribution is -0.151. The molecule has 1 aliphatic rings. The normalized spacial score (nSPS) is 18.1. The van der Waals surface area contributed by atoms with E-state index in [9.17, 15) is 9.59 Å². The van der Waals surface area contributed by atoms with Crippen LogP contribution in [0.2, 0.25) is 0 Å². The Balaban J connectivity index is 2.09. The first-order valence-electron chi connectivity index (χ1n) is 9.34. The maximum Gasteiger partial charge on any atom is 0.312 e. The largest absolute Gasteiger partial charge is 0.493 e. The molecule has 2 rings (SSSR count). The van der Waals surface area contributed by atoms with E-state index in [1.807, 2.05) is 12.1 Å². The third-order valence-electron chi connectivity index (χ3n) is 5.22. The number of ether oxygens (including phenoxy) is 3. The number of hydrogen-bond acceptors (Lipinski definition) is 5. The van der Waals surface area contributed by atoms with Crippen LogP contribution in [0.1, 0.15) is 32.3 Å². The monoisotopic (exact) mass is 378 g/mol. The summed E-state index contributed by atoms with van der Waals surface area (Å²) in [4.78, 5) is 25.8. The van der Waals surface area contributed by atoms with Gasteiger partial charge in [0.25, 0.3) is 0 Å². The molecule has 2 amide bonds. The molecule has 1 saturated heterocycles. The summed E-state index contributed by atoms with van der Waals surface area (Å²) in [7, 11) is 4.74. The van der Waals surface area contributed by atoms with Gasteiger partial charge in [0.2, 0.25) is 5.75 Å². The summed E-state index contributed by atoms with van der Waals surface area (Å²) in [6, 6.07) is 3.87. The van der Waals surface area contributed by atoms with Gasteiger partial charge in [0.05, 0.1) is 27.4 Å². The van der Waals surface area contributed by atoms with Crippen LogP contribution in [-0.4, -0.2) is 57.2 Å². The number of piperazine rings is 1. The first-order valence-corrected chi connectivity index (χ1v) is 9.34. The van der Waals surface area contributed by atoms with Crippen molar-refractivity contribution in [2.75, 3.05) is 34.4 Å². The van der Waals surface area contributed by atoms with Crippen molar-refractivity contribution >= 4 is 11.8 Å². The molecular formula is C20H30N2O5. The lowest BCUT2D eigenvalue weighted by atomic mass is 9.95. The minimum Gasteiger partial charge on any atom is -0.493 e. The summed E-state index contributed by atoms with van der Waals surface area (Å²) in [5.74, 6) is 1.16. The predicted molar refractivity (Wildman–Crippen MR) is 102 cm³/mol. The summed E-state index contributed by atoms with van der Waals surface area (Å²) >= 11 is 0. The van der Waals surface area contributed by atoms with E-state index in [1.165, 1.54) is 0 Å². The van der Waals surface area contributed by atoms with Gasteiger partial charge in [-0.15, -0.1) is 0 Å². The van der Waals surface area contributed by atoms with E-state index in [1.54, 1.807) is 26.2 Å². The van der Waals surface area contributed by atoms with Gasteiger partial charge in [0.1, 0.15) is 0 Å². The SMILES string of the molecule is CCC(C)[C@H]1CNC(=O)C(=O)N1CCCc1cc(OC)c(OC)c(OC)c1. The quantitative estimate of drug-likeness (QED) is 0.665. The average Bonchev–Trinajstić information content (AvgIpc) is 2.69. The topological polar surface area (TPSA) is 77.1 Å². The molecule has 0 spiro atoms. The zero-order chi connectivity index (χ0) is 20.0. The number of aryl methyl sites for hydroxylation is 1. The van der Waals surface area contributed by atoms with Gasteiger partial charge < -0.3 is 24.4 Å². The lowest BCUT2D eigenvalue weighted by Gasteiger charge is -2.38. The van der Waals surface area contributed by atoms with Crippen LogP contribution in [0.25, 0.3) is 0 Å². The number of nitrogens with zero attached hydrogens (tertiary/aromatic N) is 1. The molecule has 1 fully saturated rings. The zero-order valence-corrected chi connectivity index (χ0v) is 16.8. The van der Waals surface area contributed by atoms with E-state index in [2.05, 4.69) is 19.2 Å². The maximum absolute atomic E-state index is 12.3. The van der Waals surface area contributed by atoms with Crippen molar-refractivity contribution in [3.63, 3.8) is 0 Å². The molecule has 1 aromatic rings. The van der Waals surface area contributed by atoms with E-state index in [0.29, 0.717) is 36.3 Å². The van der Waals surface area contributed by atoms with E-state index in [0.717, 1.165) is 24.8 Å². The van der Waals surface area contributed by atoms with Crippen LogP contribution in [0.4, 0.5) is 0 Å². The van der Waals surface area contributed by atoms with E-state index in [4.69, 9.17) is 14.2 Å². The van der Waals surface area contributed by atoms with Crippen LogP contribution in [0.15, 0.2) is 12.1 Å². The number of amides is 2. The van der Waals surface area contributed by atoms with E-state index >= 15 is 0 Å². The van der Waals surface area contributed by atoms with Gasteiger partial charge in [0.15, 0.2) is 11.5 Å². The summed E-state index contributed by atoms with van der Waals surface area (Å²) in [6.07, 6.45) is 2.43. The standard InChI is InChI=1S/C20H30N2O5/c1-6-13(2)15-12-21-19(23)20(24)22(15)9-7-8-14-10-16(25-3)18(27-5)17(11-14)26-4/h10-11,13,15H,6-9,12H2,1-5H3,(H,21,23)/t13?,15-/m1/s1. The first kappa shape index (κ1) is 20.9. The molecule has 2 atom stereocenters. The van der Waals surface area contributed by atoms with Crippen LogP contribution in [-0.2, 0) is 16.0 Å². The molecule has 7 nitrogen and oxygen atoms in total. The fraction of sp³-hybridized carbons (Fsp3) is 0.600. The van der Waals surface area contributed by atoms with Crippen molar-refractivity contribution in [2.45, 2.75) is 39.2 Å². The molecule has 1 N–H and O–H groups in total. The van der Waals surface area contributed by atoms with Crippen molar-refractivity contribution in [1.29, 1.82) is 0 Å². The molecule has 0 radical (unpaired) electrons. The molecule has 0 bridgehead atoms. The fourth-order valence-electron chi connectivity index (χ4n) is 3.45. The van der Waals surface area contributed by atoms with Gasteiger partial charge in [-0.1, -0.05) is 20.3 Å². The Morgan fingerprint density at radius 3 is 2.30 bits per heavy atom. The molecule has 0 aromatic heterocycles. The highest BCUT2D eigenvalue weighted by Crippen LogP contribution is 2.38. The molecule has 1 unspecified atom stereocenters. The van der Waals surface area contributed by atoms with Crippen molar-refractivity contribution in [1.82, 2.24) is 10.2 Å². The Kier molecular flexibility index (Phi) is 7.33. The highest BCUT2D eigenvalue weighted by Gasteiger charge is 2.35. The second kappa shape index (κ2) is 9.48. The van der Waals surface area contributed by atoms with Gasteiger partial charge in [-0.25, -0.2) is 0 Å². The lowest BCUT2D eigenvalue weighted by Crippen LogP contribution is -2.60. The van der Waals surface area contributed by atoms with Crippen molar-refractivity contribution < 1.29 is 23.8 Å². The summed E-state index contributed by atoms with van der Waals surface area (Å²) < 4.78 is 16.1. The second-order valence-corrected chi connectivity index (χ2v) is 6.80. The van der Waals surface area contributed by atoms with Gasteiger partial charge in [0, 0.05) is 13.1 Å². The zero-order valence-electron chi connectivity index (χ0n) is 16.8. The molecule has 27 heavy (non-hydrogen) atoms. The summed E-state index contributed by atoms with van der Waals surface area (Å²) in [5, 5.41) is 2.70. The van der Waals surface area contributed by atoms with E-state index in [-0.39, 0.29) is 6.04 Å². The molecule has 1 aliphatic heterocycles. The Labute approximate surface area is 161 Å². The second-order valence-electron chi connectivity index (χ2n) is 6.80. The number of methoxy groups -OCH3 is 3. The van der Waals surface area contributed by atoms with Crippen LogP contribution >= 0.6 is 0 Å². The fourth-order valence-corrected chi connectivity index (χ4v) is 3.45. The Hall–Kier alpha value is -2.44. The Morgan fingerprint density at radius 2 is 1.78 bits per heavy atom. The third kappa shape index (κ3) is 4.64. The number of rotatable bonds is 9. The van der Waals surface area contributed by atoms with Gasteiger partial charge >= 0.3 is 11.8 Å². The van der Waals surface area contributed by atoms with Crippen molar-refractivity contribution in [3.05, 3.63) is 17.7 Å². The first-order chi connectivity index (χ1) is 13.0. The van der Waals surface area contributed by atoms with Crippen LogP contribution in [0, 0.1) is 5.92 Å². The Bertz CT molecular complexity index is 651. The number of benzene rings is 1. The van der Waals surface area contributed by atoms with Crippen molar-refractivity contribution in [3.8, 4) is 17.2 Å². The molecular weight excluding hydrogens is 348 g/mol. The van der Waals surface area contributed by atoms with Gasteiger partial charge in [-0.05, 0) is 36.5 Å². The smallest absolute Gasteiger partial charge is 0.312 e. The maximum atomic E-state index is 12.3. The van der Waals surface area contributed by atoms with Crippen molar-refractivity contribution in [2.24, 2.45) is 5.92 Å². The number of carbonyl (C=O) groups is 2. The highest BCUT2D eigenvalue weighted by atomic mass is 16.5. The molecule has 1 heterocycles.